The zero-order chi connectivity index (χ0) is 25.8. The minimum atomic E-state index is -0.700. The second-order valence-corrected chi connectivity index (χ2v) is 9.40. The van der Waals surface area contributed by atoms with Gasteiger partial charge in [-0.3, -0.25) is 9.59 Å². The highest BCUT2D eigenvalue weighted by Gasteiger charge is 2.46. The Labute approximate surface area is 213 Å². The molecule has 1 N–H and O–H groups in total. The Morgan fingerprint density at radius 1 is 1.14 bits per heavy atom. The first-order valence-electron chi connectivity index (χ1n) is 12.9. The summed E-state index contributed by atoms with van der Waals surface area (Å²) >= 11 is 0. The van der Waals surface area contributed by atoms with Gasteiger partial charge in [0.2, 0.25) is 0 Å². The minimum Gasteiger partial charge on any atom is -0.507 e. The molecule has 2 atom stereocenters. The number of benzene rings is 2. The number of aliphatic hydroxyl groups is 1. The summed E-state index contributed by atoms with van der Waals surface area (Å²) in [6.07, 6.45) is 1.66. The fourth-order valence-electron chi connectivity index (χ4n) is 4.97. The van der Waals surface area contributed by atoms with E-state index in [2.05, 4.69) is 18.7 Å². The molecule has 0 aromatic heterocycles. The molecule has 7 heteroatoms. The van der Waals surface area contributed by atoms with Gasteiger partial charge in [-0.05, 0) is 67.9 Å². The third-order valence-corrected chi connectivity index (χ3v) is 6.91. The van der Waals surface area contributed by atoms with Crippen LogP contribution in [0.1, 0.15) is 56.8 Å². The van der Waals surface area contributed by atoms with Crippen LogP contribution in [-0.4, -0.2) is 65.5 Å². The highest BCUT2D eigenvalue weighted by Crippen LogP contribution is 2.41. The lowest BCUT2D eigenvalue weighted by atomic mass is 9.94. The quantitative estimate of drug-likeness (QED) is 0.298. The first kappa shape index (κ1) is 25.8. The third kappa shape index (κ3) is 5.12. The smallest absolute Gasteiger partial charge is 0.295 e. The molecule has 2 aromatic carbocycles. The van der Waals surface area contributed by atoms with Crippen LogP contribution in [0.25, 0.3) is 5.76 Å². The lowest BCUT2D eigenvalue weighted by Crippen LogP contribution is -2.38. The Bertz CT molecular complexity index is 1150. The SMILES string of the molecule is CCCOc1cccc(C2C(=C(O)c3ccc4c(c3)CC(C)O4)C(=O)C(=O)N2CCN(CC)CC)c1. The van der Waals surface area contributed by atoms with Gasteiger partial charge < -0.3 is 24.4 Å². The predicted molar refractivity (Wildman–Crippen MR) is 139 cm³/mol. The molecule has 0 bridgehead atoms. The molecule has 2 aliphatic rings. The van der Waals surface area contributed by atoms with Gasteiger partial charge in [0.05, 0.1) is 18.2 Å². The number of nitrogens with zero attached hydrogens (tertiary/aromatic N) is 2. The van der Waals surface area contributed by atoms with Crippen LogP contribution in [0.15, 0.2) is 48.0 Å². The number of aliphatic hydroxyl groups excluding tert-OH is 1. The number of hydrogen-bond acceptors (Lipinski definition) is 6. The summed E-state index contributed by atoms with van der Waals surface area (Å²) in [6.45, 7) is 11.5. The lowest BCUT2D eigenvalue weighted by Gasteiger charge is -2.28. The normalized spacial score (nSPS) is 20.6. The fraction of sp³-hybridized carbons (Fsp3) is 0.448. The fourth-order valence-corrected chi connectivity index (χ4v) is 4.97. The molecule has 0 spiro atoms. The van der Waals surface area contributed by atoms with Crippen LogP contribution >= 0.6 is 0 Å². The molecule has 2 unspecified atom stereocenters. The first-order valence-corrected chi connectivity index (χ1v) is 12.9. The topological polar surface area (TPSA) is 79.3 Å². The number of Topliss-reactive ketones (excluding diaryl/α,β-unsaturated/α-hetero) is 1. The summed E-state index contributed by atoms with van der Waals surface area (Å²) in [7, 11) is 0. The summed E-state index contributed by atoms with van der Waals surface area (Å²) < 4.78 is 11.6. The largest absolute Gasteiger partial charge is 0.507 e. The van der Waals surface area contributed by atoms with Crippen LogP contribution in [-0.2, 0) is 16.0 Å². The van der Waals surface area contributed by atoms with Gasteiger partial charge in [-0.2, -0.15) is 0 Å². The number of ketones is 1. The van der Waals surface area contributed by atoms with Crippen molar-refractivity contribution >= 4 is 17.4 Å². The number of ether oxygens (including phenoxy) is 2. The zero-order valence-corrected chi connectivity index (χ0v) is 21.6. The van der Waals surface area contributed by atoms with Crippen molar-refractivity contribution in [2.45, 2.75) is 52.7 Å². The van der Waals surface area contributed by atoms with Crippen molar-refractivity contribution in [1.29, 1.82) is 0 Å². The van der Waals surface area contributed by atoms with Gasteiger partial charge >= 0.3 is 0 Å². The summed E-state index contributed by atoms with van der Waals surface area (Å²) in [4.78, 5) is 30.4. The van der Waals surface area contributed by atoms with Crippen LogP contribution in [0, 0.1) is 0 Å². The number of carbonyl (C=O) groups is 2. The van der Waals surface area contributed by atoms with Gasteiger partial charge in [-0.1, -0.05) is 32.9 Å². The Hall–Kier alpha value is -3.32. The molecule has 0 radical (unpaired) electrons. The number of fused-ring (bicyclic) bond motifs is 1. The van der Waals surface area contributed by atoms with E-state index in [1.54, 1.807) is 11.0 Å². The highest BCUT2D eigenvalue weighted by molar-refractivity contribution is 6.46. The molecule has 1 fully saturated rings. The molecule has 0 aliphatic carbocycles. The van der Waals surface area contributed by atoms with Gasteiger partial charge in [0.25, 0.3) is 11.7 Å². The van der Waals surface area contributed by atoms with Gasteiger partial charge in [-0.25, -0.2) is 0 Å². The Morgan fingerprint density at radius 2 is 1.92 bits per heavy atom. The minimum absolute atomic E-state index is 0.0638. The van der Waals surface area contributed by atoms with Gasteiger partial charge in [0.1, 0.15) is 23.4 Å². The molecule has 1 saturated heterocycles. The molecule has 192 valence electrons. The van der Waals surface area contributed by atoms with Crippen LogP contribution in [0.5, 0.6) is 11.5 Å². The molecule has 2 aliphatic heterocycles. The van der Waals surface area contributed by atoms with E-state index in [4.69, 9.17) is 9.47 Å². The van der Waals surface area contributed by atoms with E-state index in [1.165, 1.54) is 0 Å². The third-order valence-electron chi connectivity index (χ3n) is 6.91. The van der Waals surface area contributed by atoms with Crippen molar-refractivity contribution < 1.29 is 24.2 Å². The molecular weight excluding hydrogens is 456 g/mol. The molecule has 4 rings (SSSR count). The molecule has 0 saturated carbocycles. The number of likely N-dealkylation sites (N-methyl/N-ethyl adjacent to an activating group) is 1. The van der Waals surface area contributed by atoms with E-state index in [9.17, 15) is 14.7 Å². The zero-order valence-electron chi connectivity index (χ0n) is 21.6. The molecule has 1 amide bonds. The summed E-state index contributed by atoms with van der Waals surface area (Å²) in [5.41, 5.74) is 2.34. The maximum Gasteiger partial charge on any atom is 0.295 e. The van der Waals surface area contributed by atoms with Crippen LogP contribution in [0.4, 0.5) is 0 Å². The molecule has 36 heavy (non-hydrogen) atoms. The number of rotatable bonds is 10. The van der Waals surface area contributed by atoms with E-state index in [0.717, 1.165) is 42.8 Å². The maximum atomic E-state index is 13.4. The van der Waals surface area contributed by atoms with Gasteiger partial charge in [0.15, 0.2) is 0 Å². The number of hydrogen-bond donors (Lipinski definition) is 1. The molecule has 7 nitrogen and oxygen atoms in total. The standard InChI is InChI=1S/C29H36N2O5/c1-5-15-35-23-10-8-9-20(18-23)26-25(28(33)29(34)31(26)14-13-30(6-2)7-3)27(32)21-11-12-24-22(17-21)16-19(4)36-24/h8-12,17-19,26,32H,5-7,13-16H2,1-4H3. The highest BCUT2D eigenvalue weighted by atomic mass is 16.5. The van der Waals surface area contributed by atoms with E-state index in [-0.39, 0.29) is 17.4 Å². The van der Waals surface area contributed by atoms with E-state index in [1.807, 2.05) is 50.2 Å². The molecular formula is C29H36N2O5. The van der Waals surface area contributed by atoms with Crippen LogP contribution in [0.3, 0.4) is 0 Å². The van der Waals surface area contributed by atoms with Crippen molar-refractivity contribution in [3.05, 3.63) is 64.7 Å². The van der Waals surface area contributed by atoms with E-state index < -0.39 is 17.7 Å². The Kier molecular flexibility index (Phi) is 7.99. The number of carbonyl (C=O) groups excluding carboxylic acids is 2. The monoisotopic (exact) mass is 492 g/mol. The van der Waals surface area contributed by atoms with Crippen molar-refractivity contribution in [1.82, 2.24) is 9.80 Å². The van der Waals surface area contributed by atoms with Crippen molar-refractivity contribution in [2.75, 3.05) is 32.8 Å². The first-order chi connectivity index (χ1) is 17.4. The second-order valence-electron chi connectivity index (χ2n) is 9.40. The summed E-state index contributed by atoms with van der Waals surface area (Å²) in [5, 5.41) is 11.4. The summed E-state index contributed by atoms with van der Waals surface area (Å²) in [5.74, 6) is 0.0445. The van der Waals surface area contributed by atoms with E-state index >= 15 is 0 Å². The molecule has 2 heterocycles. The van der Waals surface area contributed by atoms with Crippen LogP contribution < -0.4 is 9.47 Å². The maximum absolute atomic E-state index is 13.4. The number of likely N-dealkylation sites (tertiary alicyclic amines) is 1. The van der Waals surface area contributed by atoms with E-state index in [0.29, 0.717) is 31.0 Å². The average molecular weight is 493 g/mol. The molecule has 2 aromatic rings. The lowest BCUT2D eigenvalue weighted by molar-refractivity contribution is -0.140. The van der Waals surface area contributed by atoms with Crippen molar-refractivity contribution in [3.63, 3.8) is 0 Å². The average Bonchev–Trinajstić information content (AvgIpc) is 3.38. The van der Waals surface area contributed by atoms with Gasteiger partial charge in [-0.15, -0.1) is 0 Å². The van der Waals surface area contributed by atoms with Crippen molar-refractivity contribution in [3.8, 4) is 11.5 Å². The predicted octanol–water partition coefficient (Wildman–Crippen LogP) is 4.56. The second kappa shape index (κ2) is 11.2. The van der Waals surface area contributed by atoms with Crippen LogP contribution in [0.2, 0.25) is 0 Å². The van der Waals surface area contributed by atoms with Crippen molar-refractivity contribution in [2.24, 2.45) is 0 Å². The van der Waals surface area contributed by atoms with Gasteiger partial charge in [0, 0.05) is 25.1 Å². The number of amides is 1. The Balaban J connectivity index is 1.78. The summed E-state index contributed by atoms with van der Waals surface area (Å²) in [6, 6.07) is 12.2. The Morgan fingerprint density at radius 3 is 2.64 bits per heavy atom.